The fraction of sp³-hybridized carbons (Fsp3) is 1.00. The Hall–Kier alpha value is -0.120. The monoisotopic (exact) mass is 240 g/mol. The molecular formula is C14H28N2O. The minimum absolute atomic E-state index is 0.302. The molecule has 2 aliphatic rings. The topological polar surface area (TPSA) is 24.5 Å². The van der Waals surface area contributed by atoms with Gasteiger partial charge in [0.05, 0.1) is 11.7 Å². The first-order chi connectivity index (χ1) is 8.24. The summed E-state index contributed by atoms with van der Waals surface area (Å²) in [7, 11) is 4.24. The van der Waals surface area contributed by atoms with Crippen molar-refractivity contribution in [3.8, 4) is 0 Å². The van der Waals surface area contributed by atoms with Gasteiger partial charge in [-0.1, -0.05) is 12.8 Å². The van der Waals surface area contributed by atoms with Crippen molar-refractivity contribution in [3.63, 3.8) is 0 Å². The summed E-state index contributed by atoms with van der Waals surface area (Å²) in [5.41, 5.74) is 0.302. The van der Waals surface area contributed by atoms with Gasteiger partial charge in [-0.25, -0.2) is 0 Å². The first kappa shape index (κ1) is 13.3. The van der Waals surface area contributed by atoms with Gasteiger partial charge in [0.15, 0.2) is 0 Å². The molecule has 1 saturated carbocycles. The van der Waals surface area contributed by atoms with E-state index in [1.165, 1.54) is 51.5 Å². The van der Waals surface area contributed by atoms with Crippen molar-refractivity contribution in [2.45, 2.75) is 56.7 Å². The Morgan fingerprint density at radius 2 is 2.06 bits per heavy atom. The second-order valence-corrected chi connectivity index (χ2v) is 5.89. The molecule has 0 bridgehead atoms. The first-order valence-electron chi connectivity index (χ1n) is 7.25. The van der Waals surface area contributed by atoms with Gasteiger partial charge < -0.3 is 15.0 Å². The maximum Gasteiger partial charge on any atom is 0.0710 e. The highest BCUT2D eigenvalue weighted by Crippen LogP contribution is 2.43. The van der Waals surface area contributed by atoms with Gasteiger partial charge in [0, 0.05) is 6.54 Å². The van der Waals surface area contributed by atoms with Crippen molar-refractivity contribution >= 4 is 0 Å². The Labute approximate surface area is 106 Å². The van der Waals surface area contributed by atoms with Crippen LogP contribution in [0.2, 0.25) is 0 Å². The summed E-state index contributed by atoms with van der Waals surface area (Å²) >= 11 is 0. The van der Waals surface area contributed by atoms with E-state index in [0.717, 1.165) is 13.1 Å². The van der Waals surface area contributed by atoms with Crippen LogP contribution < -0.4 is 5.32 Å². The standard InChI is InChI=1S/C14H28N2O/c1-15-10-5-11-16(2)12-13-6-9-14(17-13)7-3-4-8-14/h13,15H,3-12H2,1-2H3. The summed E-state index contributed by atoms with van der Waals surface area (Å²) < 4.78 is 6.33. The van der Waals surface area contributed by atoms with Crippen LogP contribution in [0.1, 0.15) is 44.9 Å². The zero-order valence-electron chi connectivity index (χ0n) is 11.5. The van der Waals surface area contributed by atoms with Crippen LogP contribution in [0.5, 0.6) is 0 Å². The molecule has 100 valence electrons. The highest BCUT2D eigenvalue weighted by atomic mass is 16.5. The van der Waals surface area contributed by atoms with Crippen LogP contribution in [-0.2, 0) is 4.74 Å². The van der Waals surface area contributed by atoms with E-state index in [9.17, 15) is 0 Å². The van der Waals surface area contributed by atoms with E-state index in [4.69, 9.17) is 4.74 Å². The molecule has 0 amide bonds. The molecular weight excluding hydrogens is 212 g/mol. The Morgan fingerprint density at radius 1 is 1.29 bits per heavy atom. The summed E-state index contributed by atoms with van der Waals surface area (Å²) in [6.07, 6.45) is 9.69. The summed E-state index contributed by atoms with van der Waals surface area (Å²) in [6, 6.07) is 0. The summed E-state index contributed by atoms with van der Waals surface area (Å²) in [5.74, 6) is 0. The van der Waals surface area contributed by atoms with Crippen molar-refractivity contribution in [3.05, 3.63) is 0 Å². The molecule has 1 saturated heterocycles. The van der Waals surface area contributed by atoms with Crippen molar-refractivity contribution in [2.75, 3.05) is 33.7 Å². The van der Waals surface area contributed by atoms with Crippen LogP contribution in [-0.4, -0.2) is 50.3 Å². The average molecular weight is 240 g/mol. The minimum Gasteiger partial charge on any atom is -0.370 e. The van der Waals surface area contributed by atoms with Gasteiger partial charge in [0.25, 0.3) is 0 Å². The maximum absolute atomic E-state index is 6.33. The minimum atomic E-state index is 0.302. The molecule has 0 radical (unpaired) electrons. The van der Waals surface area contributed by atoms with Gasteiger partial charge in [-0.15, -0.1) is 0 Å². The number of likely N-dealkylation sites (N-methyl/N-ethyl adjacent to an activating group) is 1. The molecule has 17 heavy (non-hydrogen) atoms. The fourth-order valence-electron chi connectivity index (χ4n) is 3.38. The molecule has 0 aromatic carbocycles. The number of ether oxygens (including phenoxy) is 1. The van der Waals surface area contributed by atoms with Crippen molar-refractivity contribution in [2.24, 2.45) is 0 Å². The molecule has 1 heterocycles. The lowest BCUT2D eigenvalue weighted by Crippen LogP contribution is -2.33. The molecule has 2 rings (SSSR count). The molecule has 3 nitrogen and oxygen atoms in total. The second-order valence-electron chi connectivity index (χ2n) is 5.89. The Bertz CT molecular complexity index is 226. The third-order valence-electron chi connectivity index (χ3n) is 4.34. The molecule has 0 aromatic rings. The molecule has 1 atom stereocenters. The van der Waals surface area contributed by atoms with E-state index in [-0.39, 0.29) is 0 Å². The van der Waals surface area contributed by atoms with Crippen molar-refractivity contribution in [1.29, 1.82) is 0 Å². The lowest BCUT2D eigenvalue weighted by atomic mass is 9.98. The lowest BCUT2D eigenvalue weighted by Gasteiger charge is -2.26. The molecule has 1 spiro atoms. The lowest BCUT2D eigenvalue weighted by molar-refractivity contribution is -0.0451. The number of hydrogen-bond donors (Lipinski definition) is 1. The molecule has 1 unspecified atom stereocenters. The summed E-state index contributed by atoms with van der Waals surface area (Å²) in [5, 5.41) is 3.20. The van der Waals surface area contributed by atoms with Gasteiger partial charge in [-0.2, -0.15) is 0 Å². The number of nitrogens with one attached hydrogen (secondary N) is 1. The third kappa shape index (κ3) is 3.67. The molecule has 1 N–H and O–H groups in total. The fourth-order valence-corrected chi connectivity index (χ4v) is 3.38. The zero-order chi connectivity index (χ0) is 12.1. The predicted molar refractivity (Wildman–Crippen MR) is 71.3 cm³/mol. The highest BCUT2D eigenvalue weighted by Gasteiger charge is 2.42. The van der Waals surface area contributed by atoms with Crippen LogP contribution in [0.3, 0.4) is 0 Å². The quantitative estimate of drug-likeness (QED) is 0.719. The summed E-state index contributed by atoms with van der Waals surface area (Å²) in [6.45, 7) is 3.40. The Morgan fingerprint density at radius 3 is 2.76 bits per heavy atom. The molecule has 0 aromatic heterocycles. The first-order valence-corrected chi connectivity index (χ1v) is 7.25. The largest absolute Gasteiger partial charge is 0.370 e. The van der Waals surface area contributed by atoms with Crippen molar-refractivity contribution in [1.82, 2.24) is 10.2 Å². The van der Waals surface area contributed by atoms with Crippen LogP contribution >= 0.6 is 0 Å². The highest BCUT2D eigenvalue weighted by molar-refractivity contribution is 4.93. The van der Waals surface area contributed by atoms with Gasteiger partial charge in [-0.3, -0.25) is 0 Å². The maximum atomic E-state index is 6.33. The van der Waals surface area contributed by atoms with Gasteiger partial charge in [-0.05, 0) is 59.3 Å². The van der Waals surface area contributed by atoms with Gasteiger partial charge >= 0.3 is 0 Å². The van der Waals surface area contributed by atoms with Crippen LogP contribution in [0.25, 0.3) is 0 Å². The predicted octanol–water partition coefficient (Wildman–Crippen LogP) is 2.02. The van der Waals surface area contributed by atoms with Crippen LogP contribution in [0, 0.1) is 0 Å². The molecule has 3 heteroatoms. The Balaban J connectivity index is 1.66. The average Bonchev–Trinajstić information content (AvgIpc) is 2.91. The van der Waals surface area contributed by atoms with E-state index >= 15 is 0 Å². The number of nitrogens with zero attached hydrogens (tertiary/aromatic N) is 1. The van der Waals surface area contributed by atoms with Gasteiger partial charge in [0.2, 0.25) is 0 Å². The van der Waals surface area contributed by atoms with E-state index in [1.807, 2.05) is 7.05 Å². The van der Waals surface area contributed by atoms with Crippen molar-refractivity contribution < 1.29 is 4.74 Å². The van der Waals surface area contributed by atoms with Crippen LogP contribution in [0.4, 0.5) is 0 Å². The van der Waals surface area contributed by atoms with E-state index < -0.39 is 0 Å². The van der Waals surface area contributed by atoms with E-state index in [1.54, 1.807) is 0 Å². The molecule has 1 aliphatic carbocycles. The van der Waals surface area contributed by atoms with Crippen LogP contribution in [0.15, 0.2) is 0 Å². The SMILES string of the molecule is CNCCCN(C)CC1CCC2(CCCC2)O1. The number of hydrogen-bond acceptors (Lipinski definition) is 3. The molecule has 2 fully saturated rings. The smallest absolute Gasteiger partial charge is 0.0710 e. The van der Waals surface area contributed by atoms with E-state index in [2.05, 4.69) is 17.3 Å². The Kier molecular flexibility index (Phi) is 4.83. The normalized spacial score (nSPS) is 27.4. The van der Waals surface area contributed by atoms with Gasteiger partial charge in [0.1, 0.15) is 0 Å². The van der Waals surface area contributed by atoms with E-state index in [0.29, 0.717) is 11.7 Å². The second kappa shape index (κ2) is 6.17. The number of rotatable bonds is 6. The third-order valence-corrected chi connectivity index (χ3v) is 4.34. The summed E-state index contributed by atoms with van der Waals surface area (Å²) in [4.78, 5) is 2.43. The zero-order valence-corrected chi connectivity index (χ0v) is 11.5. The molecule has 1 aliphatic heterocycles.